The molecule has 1 N–H and O–H groups in total. The molecule has 27 heavy (non-hydrogen) atoms. The minimum Gasteiger partial charge on any atom is -0.454 e. The summed E-state index contributed by atoms with van der Waals surface area (Å²) in [5, 5.41) is 6.79. The maximum atomic E-state index is 12.0. The number of ether oxygens (including phenoxy) is 2. The molecule has 2 aromatic carbocycles. The van der Waals surface area contributed by atoms with Crippen LogP contribution in [0.2, 0.25) is 0 Å². The predicted molar refractivity (Wildman–Crippen MR) is 100 cm³/mol. The van der Waals surface area contributed by atoms with Crippen LogP contribution in [0.1, 0.15) is 16.8 Å². The zero-order valence-electron chi connectivity index (χ0n) is 14.8. The summed E-state index contributed by atoms with van der Waals surface area (Å²) in [5.74, 6) is 1.86. The van der Waals surface area contributed by atoms with E-state index in [9.17, 15) is 4.79 Å². The average Bonchev–Trinajstić information content (AvgIpc) is 3.34. The van der Waals surface area contributed by atoms with Crippen molar-refractivity contribution in [2.75, 3.05) is 6.79 Å². The number of amides is 1. The number of hydrogen-bond acceptors (Lipinski definition) is 5. The Hall–Kier alpha value is -3.54. The molecule has 4 rings (SSSR count). The van der Waals surface area contributed by atoms with E-state index < -0.39 is 0 Å². The number of fused-ring (bicyclic) bond motifs is 1. The van der Waals surface area contributed by atoms with Gasteiger partial charge in [0, 0.05) is 17.7 Å². The van der Waals surface area contributed by atoms with Gasteiger partial charge in [0.2, 0.25) is 12.7 Å². The van der Waals surface area contributed by atoms with Crippen molar-refractivity contribution >= 4 is 12.0 Å². The van der Waals surface area contributed by atoms with Crippen LogP contribution in [0.25, 0.3) is 17.4 Å². The first-order valence-electron chi connectivity index (χ1n) is 8.55. The number of carbonyl (C=O) groups excluding carboxylic acids is 1. The Kier molecular flexibility index (Phi) is 4.61. The molecule has 1 aliphatic heterocycles. The molecule has 0 saturated heterocycles. The number of aromatic nitrogens is 1. The Morgan fingerprint density at radius 1 is 1.11 bits per heavy atom. The molecule has 2 heterocycles. The SMILES string of the molecule is Cc1ccc(-c2cc(CNC(=O)/C=C\c3ccc4c(c3)OCO4)no2)cc1. The molecule has 0 fully saturated rings. The molecular formula is C21H18N2O4. The molecule has 0 bridgehead atoms. The van der Waals surface area contributed by atoms with Crippen LogP contribution in [-0.2, 0) is 11.3 Å². The van der Waals surface area contributed by atoms with Crippen LogP contribution in [0.4, 0.5) is 0 Å². The van der Waals surface area contributed by atoms with E-state index in [1.165, 1.54) is 11.6 Å². The summed E-state index contributed by atoms with van der Waals surface area (Å²) >= 11 is 0. The molecule has 0 saturated carbocycles. The lowest BCUT2D eigenvalue weighted by molar-refractivity contribution is -0.116. The van der Waals surface area contributed by atoms with Crippen molar-refractivity contribution in [2.45, 2.75) is 13.5 Å². The summed E-state index contributed by atoms with van der Waals surface area (Å²) in [6.07, 6.45) is 3.19. The van der Waals surface area contributed by atoms with Gasteiger partial charge >= 0.3 is 0 Å². The number of benzene rings is 2. The molecule has 1 aromatic heterocycles. The highest BCUT2D eigenvalue weighted by Gasteiger charge is 2.12. The molecule has 1 amide bonds. The third-order valence-corrected chi connectivity index (χ3v) is 4.16. The quantitative estimate of drug-likeness (QED) is 0.701. The zero-order valence-corrected chi connectivity index (χ0v) is 14.8. The highest BCUT2D eigenvalue weighted by atomic mass is 16.7. The third-order valence-electron chi connectivity index (χ3n) is 4.16. The van der Waals surface area contributed by atoms with Gasteiger partial charge in [-0.05, 0) is 30.7 Å². The molecule has 3 aromatic rings. The van der Waals surface area contributed by atoms with Crippen molar-refractivity contribution in [2.24, 2.45) is 0 Å². The van der Waals surface area contributed by atoms with E-state index in [-0.39, 0.29) is 12.7 Å². The van der Waals surface area contributed by atoms with Crippen molar-refractivity contribution in [3.63, 3.8) is 0 Å². The van der Waals surface area contributed by atoms with Crippen molar-refractivity contribution in [3.8, 4) is 22.8 Å². The van der Waals surface area contributed by atoms with Gasteiger partial charge in [-0.25, -0.2) is 0 Å². The highest BCUT2D eigenvalue weighted by molar-refractivity contribution is 5.91. The van der Waals surface area contributed by atoms with Crippen LogP contribution in [0.5, 0.6) is 11.5 Å². The van der Waals surface area contributed by atoms with Crippen LogP contribution in [0, 0.1) is 6.92 Å². The third kappa shape index (κ3) is 4.00. The summed E-state index contributed by atoms with van der Waals surface area (Å²) in [6.45, 7) is 2.55. The maximum Gasteiger partial charge on any atom is 0.244 e. The van der Waals surface area contributed by atoms with Crippen molar-refractivity contribution in [1.29, 1.82) is 0 Å². The largest absolute Gasteiger partial charge is 0.454 e. The van der Waals surface area contributed by atoms with Gasteiger partial charge < -0.3 is 19.3 Å². The van der Waals surface area contributed by atoms with Gasteiger partial charge in [-0.15, -0.1) is 0 Å². The van der Waals surface area contributed by atoms with Crippen LogP contribution >= 0.6 is 0 Å². The van der Waals surface area contributed by atoms with Crippen molar-refractivity contribution < 1.29 is 18.8 Å². The number of nitrogens with one attached hydrogen (secondary N) is 1. The first-order chi connectivity index (χ1) is 13.2. The van der Waals surface area contributed by atoms with E-state index in [2.05, 4.69) is 10.5 Å². The highest BCUT2D eigenvalue weighted by Crippen LogP contribution is 2.32. The number of hydrogen-bond donors (Lipinski definition) is 1. The molecule has 0 atom stereocenters. The smallest absolute Gasteiger partial charge is 0.244 e. The Labute approximate surface area is 156 Å². The molecular weight excluding hydrogens is 344 g/mol. The normalized spacial score (nSPS) is 12.5. The van der Waals surface area contributed by atoms with Gasteiger partial charge in [0.1, 0.15) is 5.69 Å². The lowest BCUT2D eigenvalue weighted by Gasteiger charge is -1.99. The molecule has 136 valence electrons. The first kappa shape index (κ1) is 16.9. The molecule has 6 nitrogen and oxygen atoms in total. The second-order valence-corrected chi connectivity index (χ2v) is 6.21. The van der Waals surface area contributed by atoms with Gasteiger partial charge in [0.15, 0.2) is 17.3 Å². The van der Waals surface area contributed by atoms with Crippen molar-refractivity contribution in [3.05, 3.63) is 71.4 Å². The Balaban J connectivity index is 1.33. The summed E-state index contributed by atoms with van der Waals surface area (Å²) in [6, 6.07) is 15.3. The second-order valence-electron chi connectivity index (χ2n) is 6.21. The summed E-state index contributed by atoms with van der Waals surface area (Å²) in [4.78, 5) is 12.0. The minimum absolute atomic E-state index is 0.215. The molecule has 0 unspecified atom stereocenters. The van der Waals surface area contributed by atoms with E-state index in [0.717, 1.165) is 11.1 Å². The molecule has 0 radical (unpaired) electrons. The topological polar surface area (TPSA) is 73.6 Å². The van der Waals surface area contributed by atoms with Crippen molar-refractivity contribution in [1.82, 2.24) is 10.5 Å². The van der Waals surface area contributed by atoms with E-state index in [1.54, 1.807) is 6.08 Å². The fourth-order valence-electron chi connectivity index (χ4n) is 2.67. The molecule has 0 spiro atoms. The summed E-state index contributed by atoms with van der Waals surface area (Å²) in [5.41, 5.74) is 3.65. The number of carbonyl (C=O) groups is 1. The number of rotatable bonds is 5. The van der Waals surface area contributed by atoms with E-state index in [0.29, 0.717) is 29.5 Å². The van der Waals surface area contributed by atoms with Gasteiger partial charge in [0.25, 0.3) is 0 Å². The fourth-order valence-corrected chi connectivity index (χ4v) is 2.67. The van der Waals surface area contributed by atoms with Crippen LogP contribution in [-0.4, -0.2) is 17.9 Å². The molecule has 6 heteroatoms. The van der Waals surface area contributed by atoms with Gasteiger partial charge in [-0.3, -0.25) is 4.79 Å². The second kappa shape index (κ2) is 7.37. The summed E-state index contributed by atoms with van der Waals surface area (Å²) < 4.78 is 15.9. The lowest BCUT2D eigenvalue weighted by Crippen LogP contribution is -2.20. The minimum atomic E-state index is -0.215. The lowest BCUT2D eigenvalue weighted by atomic mass is 10.1. The molecule has 0 aliphatic carbocycles. The van der Waals surface area contributed by atoms with Crippen LogP contribution < -0.4 is 14.8 Å². The van der Waals surface area contributed by atoms with Gasteiger partial charge in [-0.2, -0.15) is 0 Å². The Morgan fingerprint density at radius 2 is 1.93 bits per heavy atom. The van der Waals surface area contributed by atoms with Crippen LogP contribution in [0.15, 0.2) is 59.1 Å². The van der Waals surface area contributed by atoms with E-state index >= 15 is 0 Å². The predicted octanol–water partition coefficient (Wildman–Crippen LogP) is 3.71. The fraction of sp³-hybridized carbons (Fsp3) is 0.143. The van der Waals surface area contributed by atoms with E-state index in [1.807, 2.05) is 55.5 Å². The standard InChI is InChI=1S/C21H18N2O4/c1-14-2-6-16(7-3-14)19-11-17(23-27-19)12-22-21(24)9-5-15-4-8-18-20(10-15)26-13-25-18/h2-11H,12-13H2,1H3,(H,22,24)/b9-5-. The Bertz CT molecular complexity index is 990. The molecule has 1 aliphatic rings. The Morgan fingerprint density at radius 3 is 2.78 bits per heavy atom. The van der Waals surface area contributed by atoms with Crippen LogP contribution in [0.3, 0.4) is 0 Å². The van der Waals surface area contributed by atoms with Gasteiger partial charge in [-0.1, -0.05) is 41.1 Å². The summed E-state index contributed by atoms with van der Waals surface area (Å²) in [7, 11) is 0. The maximum absolute atomic E-state index is 12.0. The number of nitrogens with zero attached hydrogens (tertiary/aromatic N) is 1. The van der Waals surface area contributed by atoms with Gasteiger partial charge in [0.05, 0.1) is 6.54 Å². The first-order valence-corrected chi connectivity index (χ1v) is 8.55. The average molecular weight is 362 g/mol. The monoisotopic (exact) mass is 362 g/mol. The van der Waals surface area contributed by atoms with E-state index in [4.69, 9.17) is 14.0 Å². The number of aryl methyl sites for hydroxylation is 1. The zero-order chi connectivity index (χ0) is 18.6.